The van der Waals surface area contributed by atoms with Gasteiger partial charge in [0.05, 0.1) is 16.8 Å². The summed E-state index contributed by atoms with van der Waals surface area (Å²) in [5, 5.41) is 16.7. The highest BCUT2D eigenvalue weighted by Gasteiger charge is 2.12. The van der Waals surface area contributed by atoms with E-state index in [0.717, 1.165) is 18.0 Å². The highest BCUT2D eigenvalue weighted by molar-refractivity contribution is 7.99. The van der Waals surface area contributed by atoms with Crippen molar-refractivity contribution >= 4 is 27.5 Å². The minimum absolute atomic E-state index is 0.0537. The van der Waals surface area contributed by atoms with Crippen LogP contribution in [0.15, 0.2) is 28.5 Å². The molecule has 0 amide bonds. The first kappa shape index (κ1) is 13.7. The van der Waals surface area contributed by atoms with Gasteiger partial charge in [0.25, 0.3) is 0 Å². The van der Waals surface area contributed by atoms with E-state index in [1.807, 2.05) is 0 Å². The summed E-state index contributed by atoms with van der Waals surface area (Å²) in [6, 6.07) is 3.05. The maximum absolute atomic E-state index is 11.3. The summed E-state index contributed by atoms with van der Waals surface area (Å²) in [7, 11) is -3.37. The van der Waals surface area contributed by atoms with Crippen molar-refractivity contribution in [2.24, 2.45) is 0 Å². The summed E-state index contributed by atoms with van der Waals surface area (Å²) in [6.45, 7) is 1.70. The Balaban J connectivity index is 2.36. The fourth-order valence-corrected chi connectivity index (χ4v) is 2.78. The van der Waals surface area contributed by atoms with Gasteiger partial charge in [-0.05, 0) is 36.4 Å². The summed E-state index contributed by atoms with van der Waals surface area (Å²) >= 11 is 1.16. The summed E-state index contributed by atoms with van der Waals surface area (Å²) in [6.07, 6.45) is 2.42. The Morgan fingerprint density at radius 3 is 2.74 bits per heavy atom. The summed E-state index contributed by atoms with van der Waals surface area (Å²) in [5.41, 5.74) is 1.05. The molecule has 0 unspecified atom stereocenters. The van der Waals surface area contributed by atoms with Crippen LogP contribution in [-0.2, 0) is 10.0 Å². The van der Waals surface area contributed by atoms with Gasteiger partial charge < -0.3 is 5.11 Å². The van der Waals surface area contributed by atoms with Crippen LogP contribution in [0, 0.1) is 6.92 Å². The number of phenolic OH excluding ortho intramolecular Hbond substituents is 1. The van der Waals surface area contributed by atoms with E-state index >= 15 is 0 Å². The molecule has 9 heteroatoms. The van der Waals surface area contributed by atoms with E-state index in [4.69, 9.17) is 0 Å². The molecule has 0 atom stereocenters. The van der Waals surface area contributed by atoms with Crippen molar-refractivity contribution in [3.63, 3.8) is 0 Å². The lowest BCUT2D eigenvalue weighted by molar-refractivity contribution is 0.462. The number of aromatic amines is 1. The Morgan fingerprint density at radius 2 is 2.16 bits per heavy atom. The molecule has 0 aliphatic heterocycles. The van der Waals surface area contributed by atoms with Gasteiger partial charge in [0.2, 0.25) is 10.0 Å². The molecule has 2 rings (SSSR count). The van der Waals surface area contributed by atoms with Gasteiger partial charge in [-0.3, -0.25) is 9.82 Å². The molecule has 7 nitrogen and oxygen atoms in total. The second-order valence-electron chi connectivity index (χ2n) is 3.90. The van der Waals surface area contributed by atoms with Gasteiger partial charge in [0, 0.05) is 0 Å². The van der Waals surface area contributed by atoms with Gasteiger partial charge in [-0.15, -0.1) is 0 Å². The number of phenols is 1. The Bertz CT molecular complexity index is 683. The molecule has 0 fully saturated rings. The predicted octanol–water partition coefficient (Wildman–Crippen LogP) is 1.34. The third-order valence-corrected chi connectivity index (χ3v) is 3.73. The Kier molecular flexibility index (Phi) is 3.67. The molecule has 102 valence electrons. The van der Waals surface area contributed by atoms with Crippen molar-refractivity contribution in [2.75, 3.05) is 11.0 Å². The van der Waals surface area contributed by atoms with E-state index in [1.165, 1.54) is 12.4 Å². The zero-order valence-electron chi connectivity index (χ0n) is 10.2. The molecule has 3 N–H and O–H groups in total. The van der Waals surface area contributed by atoms with Crippen molar-refractivity contribution in [3.8, 4) is 5.75 Å². The molecule has 0 aliphatic carbocycles. The first-order chi connectivity index (χ1) is 8.85. The predicted molar refractivity (Wildman–Crippen MR) is 71.8 cm³/mol. The normalized spacial score (nSPS) is 11.5. The monoisotopic (exact) mass is 300 g/mol. The first-order valence-electron chi connectivity index (χ1n) is 5.20. The number of aromatic nitrogens is 3. The topological polar surface area (TPSA) is 108 Å². The molecule has 0 saturated carbocycles. The molecule has 0 saturated heterocycles. The van der Waals surface area contributed by atoms with Gasteiger partial charge in [-0.1, -0.05) is 0 Å². The van der Waals surface area contributed by atoms with E-state index in [9.17, 15) is 13.5 Å². The van der Waals surface area contributed by atoms with E-state index in [1.54, 1.807) is 13.0 Å². The van der Waals surface area contributed by atoms with Crippen LogP contribution < -0.4 is 4.72 Å². The summed E-state index contributed by atoms with van der Waals surface area (Å²) in [4.78, 5) is 4.41. The Hall–Kier alpha value is -1.74. The average molecular weight is 300 g/mol. The van der Waals surface area contributed by atoms with Crippen molar-refractivity contribution in [1.82, 2.24) is 15.2 Å². The molecular weight excluding hydrogens is 288 g/mol. The molecule has 0 aliphatic rings. The maximum atomic E-state index is 11.3. The van der Waals surface area contributed by atoms with E-state index in [2.05, 4.69) is 19.9 Å². The SMILES string of the molecule is Cc1cc(O)c(Sc2ncn[nH]2)cc1NS(C)(=O)=O. The summed E-state index contributed by atoms with van der Waals surface area (Å²) in [5.74, 6) is 0.0537. The first-order valence-corrected chi connectivity index (χ1v) is 7.90. The number of hydrogen-bond donors (Lipinski definition) is 3. The van der Waals surface area contributed by atoms with Crippen LogP contribution in [0.5, 0.6) is 5.75 Å². The maximum Gasteiger partial charge on any atom is 0.229 e. The third-order valence-electron chi connectivity index (χ3n) is 2.20. The standard InChI is InChI=1S/C10H12N4O3S2/c1-6-3-8(15)9(18-10-11-5-12-13-10)4-7(6)14-19(2,16)17/h3-5,14-15H,1-2H3,(H,11,12,13). The largest absolute Gasteiger partial charge is 0.507 e. The number of nitrogens with zero attached hydrogens (tertiary/aromatic N) is 2. The van der Waals surface area contributed by atoms with Crippen LogP contribution in [0.3, 0.4) is 0 Å². The molecule has 0 bridgehead atoms. The van der Waals surface area contributed by atoms with E-state index < -0.39 is 10.0 Å². The van der Waals surface area contributed by atoms with Crippen molar-refractivity contribution in [1.29, 1.82) is 0 Å². The molecule has 19 heavy (non-hydrogen) atoms. The fraction of sp³-hybridized carbons (Fsp3) is 0.200. The zero-order chi connectivity index (χ0) is 14.0. The zero-order valence-corrected chi connectivity index (χ0v) is 11.8. The second-order valence-corrected chi connectivity index (χ2v) is 6.68. The van der Waals surface area contributed by atoms with Crippen LogP contribution >= 0.6 is 11.8 Å². The van der Waals surface area contributed by atoms with Gasteiger partial charge >= 0.3 is 0 Å². The lowest BCUT2D eigenvalue weighted by Crippen LogP contribution is -2.10. The highest BCUT2D eigenvalue weighted by Crippen LogP contribution is 2.36. The van der Waals surface area contributed by atoms with Gasteiger partial charge in [-0.2, -0.15) is 5.10 Å². The van der Waals surface area contributed by atoms with Gasteiger partial charge in [-0.25, -0.2) is 13.4 Å². The van der Waals surface area contributed by atoms with Crippen molar-refractivity contribution < 1.29 is 13.5 Å². The number of anilines is 1. The molecule has 1 heterocycles. The molecule has 2 aromatic rings. The lowest BCUT2D eigenvalue weighted by atomic mass is 10.2. The molecular formula is C10H12N4O3S2. The quantitative estimate of drug-likeness (QED) is 0.735. The third kappa shape index (κ3) is 3.61. The minimum Gasteiger partial charge on any atom is -0.507 e. The van der Waals surface area contributed by atoms with Crippen LogP contribution in [0.1, 0.15) is 5.56 Å². The molecule has 0 spiro atoms. The Morgan fingerprint density at radius 1 is 1.42 bits per heavy atom. The van der Waals surface area contributed by atoms with Gasteiger partial charge in [0.1, 0.15) is 12.1 Å². The highest BCUT2D eigenvalue weighted by atomic mass is 32.2. The number of aryl methyl sites for hydroxylation is 1. The van der Waals surface area contributed by atoms with Crippen molar-refractivity contribution in [3.05, 3.63) is 24.0 Å². The number of aromatic hydroxyl groups is 1. The number of hydrogen-bond acceptors (Lipinski definition) is 6. The van der Waals surface area contributed by atoms with Crippen LogP contribution in [0.2, 0.25) is 0 Å². The molecule has 1 aromatic carbocycles. The van der Waals surface area contributed by atoms with Crippen LogP contribution in [0.4, 0.5) is 5.69 Å². The summed E-state index contributed by atoms with van der Waals surface area (Å²) < 4.78 is 24.9. The smallest absolute Gasteiger partial charge is 0.229 e. The molecule has 0 radical (unpaired) electrons. The number of H-pyrrole nitrogens is 1. The van der Waals surface area contributed by atoms with Crippen LogP contribution in [-0.4, -0.2) is 35.0 Å². The van der Waals surface area contributed by atoms with E-state index in [-0.39, 0.29) is 5.75 Å². The second kappa shape index (κ2) is 5.10. The number of rotatable bonds is 4. The average Bonchev–Trinajstić information content (AvgIpc) is 2.76. The minimum atomic E-state index is -3.37. The number of nitrogens with one attached hydrogen (secondary N) is 2. The Labute approximate surface area is 114 Å². The number of sulfonamides is 1. The van der Waals surface area contributed by atoms with Crippen molar-refractivity contribution in [2.45, 2.75) is 17.0 Å². The van der Waals surface area contributed by atoms with Crippen LogP contribution in [0.25, 0.3) is 0 Å². The molecule has 1 aromatic heterocycles. The fourth-order valence-electron chi connectivity index (χ4n) is 1.41. The van der Waals surface area contributed by atoms with Gasteiger partial charge in [0.15, 0.2) is 5.16 Å². The lowest BCUT2D eigenvalue weighted by Gasteiger charge is -2.11. The number of benzene rings is 1. The van der Waals surface area contributed by atoms with E-state index in [0.29, 0.717) is 21.3 Å².